The van der Waals surface area contributed by atoms with Crippen LogP contribution in [0.2, 0.25) is 0 Å². The normalized spacial score (nSPS) is 14.0. The van der Waals surface area contributed by atoms with Crippen LogP contribution in [0.25, 0.3) is 0 Å². The molecule has 1 aliphatic rings. The zero-order valence-electron chi connectivity index (χ0n) is 11.8. The Hall–Kier alpha value is -2.08. The Morgan fingerprint density at radius 1 is 1.24 bits per heavy atom. The van der Waals surface area contributed by atoms with Crippen LogP contribution in [0.1, 0.15) is 12.5 Å². The smallest absolute Gasteiger partial charge is 0.232 e. The van der Waals surface area contributed by atoms with Crippen LogP contribution in [-0.4, -0.2) is 25.7 Å². The molecule has 0 unspecified atom stereocenters. The van der Waals surface area contributed by atoms with Gasteiger partial charge in [0.2, 0.25) is 10.0 Å². The third-order valence-electron chi connectivity index (χ3n) is 3.56. The Balaban J connectivity index is 1.83. The van der Waals surface area contributed by atoms with E-state index in [4.69, 9.17) is 0 Å². The fourth-order valence-corrected chi connectivity index (χ4v) is 3.06. The van der Waals surface area contributed by atoms with E-state index in [1.165, 1.54) is 11.3 Å². The van der Waals surface area contributed by atoms with Crippen LogP contribution in [0.3, 0.4) is 0 Å². The summed E-state index contributed by atoms with van der Waals surface area (Å²) in [4.78, 5) is 6.52. The van der Waals surface area contributed by atoms with Crippen LogP contribution in [-0.2, 0) is 16.4 Å². The van der Waals surface area contributed by atoms with E-state index in [2.05, 4.69) is 26.7 Å². The van der Waals surface area contributed by atoms with Gasteiger partial charge in [-0.05, 0) is 37.1 Å². The number of sulfonamides is 1. The molecule has 0 saturated carbocycles. The number of nitrogens with zero attached hydrogens (tertiary/aromatic N) is 2. The first kappa shape index (κ1) is 13.9. The number of fused-ring (bicyclic) bond motifs is 1. The number of rotatable bonds is 4. The van der Waals surface area contributed by atoms with Crippen molar-refractivity contribution in [1.82, 2.24) is 4.98 Å². The highest BCUT2D eigenvalue weighted by Crippen LogP contribution is 2.33. The van der Waals surface area contributed by atoms with Crippen molar-refractivity contribution in [2.45, 2.75) is 13.3 Å². The number of pyridine rings is 1. The molecular formula is C15H17N3O2S. The van der Waals surface area contributed by atoms with Crippen LogP contribution in [0.5, 0.6) is 0 Å². The van der Waals surface area contributed by atoms with Gasteiger partial charge in [-0.1, -0.05) is 18.2 Å². The molecule has 1 N–H and O–H groups in total. The molecule has 0 amide bonds. The standard InChI is InChI=1S/C15H17N3O2S/c1-2-21(19,20)17-13-7-8-15(16-11-13)18-10-9-12-5-3-4-6-14(12)18/h3-8,11,17H,2,9-10H2,1H3. The summed E-state index contributed by atoms with van der Waals surface area (Å²) in [7, 11) is -3.26. The predicted molar refractivity (Wildman–Crippen MR) is 84.5 cm³/mol. The van der Waals surface area contributed by atoms with Crippen LogP contribution < -0.4 is 9.62 Å². The average molecular weight is 303 g/mol. The molecule has 0 fully saturated rings. The largest absolute Gasteiger partial charge is 0.326 e. The van der Waals surface area contributed by atoms with Gasteiger partial charge in [0.15, 0.2) is 0 Å². The van der Waals surface area contributed by atoms with Crippen molar-refractivity contribution < 1.29 is 8.42 Å². The van der Waals surface area contributed by atoms with Gasteiger partial charge in [-0.25, -0.2) is 13.4 Å². The van der Waals surface area contributed by atoms with Crippen molar-refractivity contribution in [3.8, 4) is 0 Å². The zero-order valence-corrected chi connectivity index (χ0v) is 12.6. The summed E-state index contributed by atoms with van der Waals surface area (Å²) >= 11 is 0. The lowest BCUT2D eigenvalue weighted by molar-refractivity contribution is 0.602. The highest BCUT2D eigenvalue weighted by molar-refractivity contribution is 7.92. The van der Waals surface area contributed by atoms with E-state index in [1.807, 2.05) is 18.2 Å². The minimum absolute atomic E-state index is 0.0499. The molecule has 0 radical (unpaired) electrons. The Morgan fingerprint density at radius 2 is 2.05 bits per heavy atom. The lowest BCUT2D eigenvalue weighted by Gasteiger charge is -2.18. The molecule has 0 saturated heterocycles. The molecule has 0 bridgehead atoms. The number of anilines is 3. The third kappa shape index (κ3) is 2.85. The van der Waals surface area contributed by atoms with Gasteiger partial charge in [0, 0.05) is 12.2 Å². The zero-order chi connectivity index (χ0) is 14.9. The minimum Gasteiger partial charge on any atom is -0.326 e. The molecule has 2 heterocycles. The van der Waals surface area contributed by atoms with Crippen molar-refractivity contribution in [1.29, 1.82) is 0 Å². The molecule has 3 rings (SSSR count). The quantitative estimate of drug-likeness (QED) is 0.943. The fraction of sp³-hybridized carbons (Fsp3) is 0.267. The summed E-state index contributed by atoms with van der Waals surface area (Å²) in [6.45, 7) is 2.50. The summed E-state index contributed by atoms with van der Waals surface area (Å²) < 4.78 is 25.5. The van der Waals surface area contributed by atoms with Gasteiger partial charge in [0.25, 0.3) is 0 Å². The molecular weight excluding hydrogens is 286 g/mol. The van der Waals surface area contributed by atoms with Crippen LogP contribution in [0.4, 0.5) is 17.2 Å². The molecule has 0 spiro atoms. The Morgan fingerprint density at radius 3 is 2.76 bits per heavy atom. The summed E-state index contributed by atoms with van der Waals surface area (Å²) in [6.07, 6.45) is 2.56. The molecule has 1 aliphatic heterocycles. The lowest BCUT2D eigenvalue weighted by atomic mass is 10.2. The van der Waals surface area contributed by atoms with E-state index in [9.17, 15) is 8.42 Å². The van der Waals surface area contributed by atoms with Crippen LogP contribution >= 0.6 is 0 Å². The highest BCUT2D eigenvalue weighted by Gasteiger charge is 2.20. The molecule has 21 heavy (non-hydrogen) atoms. The molecule has 5 nitrogen and oxygen atoms in total. The number of hydrogen-bond donors (Lipinski definition) is 1. The third-order valence-corrected chi connectivity index (χ3v) is 4.87. The van der Waals surface area contributed by atoms with E-state index in [1.54, 1.807) is 19.2 Å². The number of para-hydroxylation sites is 1. The van der Waals surface area contributed by atoms with Gasteiger partial charge in [-0.15, -0.1) is 0 Å². The molecule has 1 aromatic heterocycles. The van der Waals surface area contributed by atoms with Gasteiger partial charge < -0.3 is 4.90 Å². The van der Waals surface area contributed by atoms with E-state index in [0.717, 1.165) is 18.8 Å². The maximum Gasteiger partial charge on any atom is 0.232 e. The van der Waals surface area contributed by atoms with Crippen LogP contribution in [0.15, 0.2) is 42.6 Å². The summed E-state index contributed by atoms with van der Waals surface area (Å²) in [5, 5.41) is 0. The maximum atomic E-state index is 11.5. The number of benzene rings is 1. The van der Waals surface area contributed by atoms with E-state index < -0.39 is 10.0 Å². The first-order valence-electron chi connectivity index (χ1n) is 6.91. The minimum atomic E-state index is -3.26. The van der Waals surface area contributed by atoms with Crippen molar-refractivity contribution in [2.24, 2.45) is 0 Å². The van der Waals surface area contributed by atoms with Crippen molar-refractivity contribution in [3.05, 3.63) is 48.2 Å². The molecule has 1 aromatic carbocycles. The SMILES string of the molecule is CCS(=O)(=O)Nc1ccc(N2CCc3ccccc32)nc1. The molecule has 110 valence electrons. The Kier molecular flexibility index (Phi) is 3.55. The van der Waals surface area contributed by atoms with Crippen LogP contribution in [0, 0.1) is 0 Å². The molecule has 6 heteroatoms. The summed E-state index contributed by atoms with van der Waals surface area (Å²) in [5.41, 5.74) is 2.98. The van der Waals surface area contributed by atoms with E-state index >= 15 is 0 Å². The van der Waals surface area contributed by atoms with Crippen molar-refractivity contribution in [3.63, 3.8) is 0 Å². The molecule has 2 aromatic rings. The van der Waals surface area contributed by atoms with E-state index in [0.29, 0.717) is 5.69 Å². The van der Waals surface area contributed by atoms with Gasteiger partial charge in [0.1, 0.15) is 5.82 Å². The number of hydrogen-bond acceptors (Lipinski definition) is 4. The Labute approximate surface area is 124 Å². The summed E-state index contributed by atoms with van der Waals surface area (Å²) in [6, 6.07) is 11.8. The first-order valence-corrected chi connectivity index (χ1v) is 8.56. The van der Waals surface area contributed by atoms with Gasteiger partial charge in [-0.2, -0.15) is 0 Å². The fourth-order valence-electron chi connectivity index (χ4n) is 2.43. The van der Waals surface area contributed by atoms with Gasteiger partial charge in [-0.3, -0.25) is 4.72 Å². The monoisotopic (exact) mass is 303 g/mol. The van der Waals surface area contributed by atoms with E-state index in [-0.39, 0.29) is 5.75 Å². The van der Waals surface area contributed by atoms with Gasteiger partial charge in [0.05, 0.1) is 17.6 Å². The maximum absolute atomic E-state index is 11.5. The summed E-state index contributed by atoms with van der Waals surface area (Å²) in [5.74, 6) is 0.883. The second-order valence-corrected chi connectivity index (χ2v) is 6.95. The van der Waals surface area contributed by atoms with Crippen molar-refractivity contribution in [2.75, 3.05) is 21.9 Å². The van der Waals surface area contributed by atoms with Gasteiger partial charge >= 0.3 is 0 Å². The molecule has 0 atom stereocenters. The topological polar surface area (TPSA) is 62.3 Å². The van der Waals surface area contributed by atoms with Crippen molar-refractivity contribution >= 4 is 27.2 Å². The second-order valence-electron chi connectivity index (χ2n) is 4.94. The number of aromatic nitrogens is 1. The first-order chi connectivity index (χ1) is 10.1. The predicted octanol–water partition coefficient (Wildman–Crippen LogP) is 2.54. The average Bonchev–Trinajstić information content (AvgIpc) is 2.92. The number of nitrogens with one attached hydrogen (secondary N) is 1. The highest BCUT2D eigenvalue weighted by atomic mass is 32.2. The molecule has 0 aliphatic carbocycles. The lowest BCUT2D eigenvalue weighted by Crippen LogP contribution is -2.16. The Bertz CT molecular complexity index is 742. The second kappa shape index (κ2) is 5.37.